The van der Waals surface area contributed by atoms with E-state index < -0.39 is 77.9 Å². The van der Waals surface area contributed by atoms with Crippen molar-refractivity contribution in [2.75, 3.05) is 6.61 Å². The van der Waals surface area contributed by atoms with Gasteiger partial charge in [-0.05, 0) is 30.4 Å². The first-order valence-electron chi connectivity index (χ1n) is 14.3. The molecule has 2 saturated heterocycles. The molecule has 5 N–H and O–H groups in total. The Kier molecular flexibility index (Phi) is 11.0. The molecule has 0 aromatic heterocycles. The molecule has 15 heteroatoms. The highest BCUT2D eigenvalue weighted by molar-refractivity contribution is 5.98. The molecule has 0 aliphatic carbocycles. The smallest absolute Gasteiger partial charge is 0.479 e. The topological polar surface area (TPSA) is 233 Å². The summed E-state index contributed by atoms with van der Waals surface area (Å²) in [5.41, 5.74) is -6.34. The first-order chi connectivity index (χ1) is 21.1. The number of unbranched alkanes of at least 4 members (excludes halogenated alkanes) is 1. The van der Waals surface area contributed by atoms with Crippen LogP contribution in [0.1, 0.15) is 52.0 Å². The van der Waals surface area contributed by atoms with Crippen molar-refractivity contribution in [3.8, 4) is 0 Å². The van der Waals surface area contributed by atoms with E-state index in [1.165, 1.54) is 6.92 Å². The summed E-state index contributed by atoms with van der Waals surface area (Å²) in [7, 11) is 0. The summed E-state index contributed by atoms with van der Waals surface area (Å²) in [6.45, 7) is 8.57. The average Bonchev–Trinajstić information content (AvgIpc) is 3.18. The molecular formula is C30H38O15. The fraction of sp³-hybridized carbons (Fsp3) is 0.567. The second-order valence-corrected chi connectivity index (χ2v) is 11.2. The number of benzene rings is 1. The molecule has 15 nitrogen and oxygen atoms in total. The number of ether oxygens (including phenoxy) is 5. The maximum atomic E-state index is 12.8. The standard InChI is InChI=1S/C30H38O15/c1-5-6-14-41-27(39)43-22-21(32)28(44-23(24(33)34)29(40,25(35)36)30(22,45-28)26(37)38)13-12-16(2)20(42-18(4)31)17(3)15-19-10-8-7-9-11-19/h7-11,17,20-23,32,40H,2,5-6,12-15H2,1,3-4H3,(H,33,34)(H,35,36)(H,37,38). The summed E-state index contributed by atoms with van der Waals surface area (Å²) >= 11 is 0. The summed E-state index contributed by atoms with van der Waals surface area (Å²) in [6, 6.07) is 9.24. The van der Waals surface area contributed by atoms with Gasteiger partial charge in [-0.3, -0.25) is 4.79 Å². The lowest BCUT2D eigenvalue weighted by Gasteiger charge is -2.48. The zero-order valence-corrected chi connectivity index (χ0v) is 25.0. The fourth-order valence-electron chi connectivity index (χ4n) is 5.73. The van der Waals surface area contributed by atoms with Crippen LogP contribution in [0.2, 0.25) is 0 Å². The number of aliphatic carboxylic acids is 3. The number of hydrogen-bond acceptors (Lipinski definition) is 12. The number of carboxylic acid groups (broad SMARTS) is 3. The number of aliphatic hydroxyl groups is 2. The molecule has 0 saturated carbocycles. The Bertz CT molecular complexity index is 1300. The molecule has 2 bridgehead atoms. The van der Waals surface area contributed by atoms with Crippen LogP contribution in [0.15, 0.2) is 42.5 Å². The van der Waals surface area contributed by atoms with Crippen molar-refractivity contribution < 1.29 is 73.2 Å². The third kappa shape index (κ3) is 6.66. The molecule has 2 heterocycles. The van der Waals surface area contributed by atoms with Crippen LogP contribution in [-0.4, -0.2) is 104 Å². The zero-order valence-electron chi connectivity index (χ0n) is 25.0. The number of rotatable bonds is 15. The number of carbonyl (C=O) groups excluding carboxylic acids is 2. The van der Waals surface area contributed by atoms with Gasteiger partial charge in [0.25, 0.3) is 5.60 Å². The van der Waals surface area contributed by atoms with Crippen molar-refractivity contribution in [1.29, 1.82) is 0 Å². The number of fused-ring (bicyclic) bond motifs is 2. The lowest BCUT2D eigenvalue weighted by atomic mass is 9.74. The number of carbonyl (C=O) groups is 5. The molecule has 2 aliphatic heterocycles. The van der Waals surface area contributed by atoms with Crippen LogP contribution in [-0.2, 0) is 49.3 Å². The van der Waals surface area contributed by atoms with Gasteiger partial charge in [-0.25, -0.2) is 19.2 Å². The van der Waals surface area contributed by atoms with E-state index in [1.807, 2.05) is 30.3 Å². The average molecular weight is 639 g/mol. The Labute approximate surface area is 258 Å². The molecule has 8 unspecified atom stereocenters. The van der Waals surface area contributed by atoms with Crippen molar-refractivity contribution in [1.82, 2.24) is 0 Å². The van der Waals surface area contributed by atoms with Gasteiger partial charge in [0.15, 0.2) is 6.10 Å². The zero-order chi connectivity index (χ0) is 33.7. The monoisotopic (exact) mass is 638 g/mol. The van der Waals surface area contributed by atoms with Crippen molar-refractivity contribution >= 4 is 30.0 Å². The number of aliphatic hydroxyl groups excluding tert-OH is 1. The van der Waals surface area contributed by atoms with Gasteiger partial charge in [0.05, 0.1) is 6.61 Å². The van der Waals surface area contributed by atoms with Crippen molar-refractivity contribution in [2.45, 2.75) is 94.3 Å². The first-order valence-corrected chi connectivity index (χ1v) is 14.3. The fourth-order valence-corrected chi connectivity index (χ4v) is 5.73. The van der Waals surface area contributed by atoms with E-state index >= 15 is 0 Å². The largest absolute Gasteiger partial charge is 0.508 e. The van der Waals surface area contributed by atoms with Crippen LogP contribution >= 0.6 is 0 Å². The van der Waals surface area contributed by atoms with Gasteiger partial charge in [-0.15, -0.1) is 0 Å². The van der Waals surface area contributed by atoms with Gasteiger partial charge < -0.3 is 49.2 Å². The molecule has 1 aromatic rings. The predicted molar refractivity (Wildman–Crippen MR) is 150 cm³/mol. The van der Waals surface area contributed by atoms with Crippen LogP contribution in [0, 0.1) is 5.92 Å². The van der Waals surface area contributed by atoms with Crippen LogP contribution in [0.3, 0.4) is 0 Å². The SMILES string of the molecule is C=C(CCC12OC(C(=O)O)C(O)(C(=O)O)C(C(=O)O)(O1)C(OC(=O)OCCCC)C2O)C(OC(C)=O)C(C)Cc1ccccc1. The minimum absolute atomic E-state index is 0.180. The minimum Gasteiger partial charge on any atom is -0.479 e. The van der Waals surface area contributed by atoms with Crippen molar-refractivity contribution in [3.63, 3.8) is 0 Å². The molecule has 248 valence electrons. The molecule has 0 amide bonds. The summed E-state index contributed by atoms with van der Waals surface area (Å²) in [5, 5.41) is 52.8. The van der Waals surface area contributed by atoms with Crippen LogP contribution in [0.5, 0.6) is 0 Å². The van der Waals surface area contributed by atoms with Crippen molar-refractivity contribution in [2.24, 2.45) is 5.92 Å². The Hall–Kier alpha value is -4.05. The maximum Gasteiger partial charge on any atom is 0.508 e. The van der Waals surface area contributed by atoms with E-state index in [1.54, 1.807) is 13.8 Å². The van der Waals surface area contributed by atoms with Crippen LogP contribution < -0.4 is 0 Å². The molecular weight excluding hydrogens is 600 g/mol. The van der Waals surface area contributed by atoms with E-state index in [-0.39, 0.29) is 24.5 Å². The second kappa shape index (κ2) is 13.9. The molecule has 1 aromatic carbocycles. The van der Waals surface area contributed by atoms with E-state index in [9.17, 15) is 49.5 Å². The highest BCUT2D eigenvalue weighted by Gasteiger charge is 2.86. The van der Waals surface area contributed by atoms with Gasteiger partial charge in [0, 0.05) is 19.3 Å². The normalized spacial score (nSPS) is 30.0. The van der Waals surface area contributed by atoms with Gasteiger partial charge in [-0.1, -0.05) is 57.2 Å². The van der Waals surface area contributed by atoms with E-state index in [4.69, 9.17) is 23.7 Å². The van der Waals surface area contributed by atoms with Crippen LogP contribution in [0.4, 0.5) is 4.79 Å². The maximum absolute atomic E-state index is 12.8. The molecule has 0 radical (unpaired) electrons. The Balaban J connectivity index is 2.01. The van der Waals surface area contributed by atoms with Gasteiger partial charge in [0.1, 0.15) is 12.2 Å². The van der Waals surface area contributed by atoms with Crippen molar-refractivity contribution in [3.05, 3.63) is 48.0 Å². The second-order valence-electron chi connectivity index (χ2n) is 11.2. The van der Waals surface area contributed by atoms with Gasteiger partial charge in [-0.2, -0.15) is 0 Å². The van der Waals surface area contributed by atoms with E-state index in [2.05, 4.69) is 6.58 Å². The van der Waals surface area contributed by atoms with E-state index in [0.29, 0.717) is 19.3 Å². The molecule has 8 atom stereocenters. The summed E-state index contributed by atoms with van der Waals surface area (Å²) in [5.74, 6) is -10.4. The molecule has 45 heavy (non-hydrogen) atoms. The highest BCUT2D eigenvalue weighted by atomic mass is 16.8. The third-order valence-corrected chi connectivity index (χ3v) is 7.95. The summed E-state index contributed by atoms with van der Waals surface area (Å²) in [6.07, 6.45) is -9.59. The molecule has 0 spiro atoms. The Morgan fingerprint density at radius 3 is 2.24 bits per heavy atom. The first kappa shape index (κ1) is 35.4. The summed E-state index contributed by atoms with van der Waals surface area (Å²) < 4.78 is 26.4. The molecule has 2 fully saturated rings. The number of carboxylic acids is 3. The predicted octanol–water partition coefficient (Wildman–Crippen LogP) is 1.67. The molecule has 3 rings (SSSR count). The molecule has 2 aliphatic rings. The number of hydrogen-bond donors (Lipinski definition) is 5. The van der Waals surface area contributed by atoms with Crippen LogP contribution in [0.25, 0.3) is 0 Å². The Morgan fingerprint density at radius 1 is 1.07 bits per heavy atom. The van der Waals surface area contributed by atoms with E-state index in [0.717, 1.165) is 5.56 Å². The quantitative estimate of drug-likeness (QED) is 0.104. The third-order valence-electron chi connectivity index (χ3n) is 7.95. The Morgan fingerprint density at radius 2 is 1.71 bits per heavy atom. The highest BCUT2D eigenvalue weighted by Crippen LogP contribution is 2.56. The lowest BCUT2D eigenvalue weighted by molar-refractivity contribution is -0.374. The summed E-state index contributed by atoms with van der Waals surface area (Å²) in [4.78, 5) is 61.9. The minimum atomic E-state index is -3.92. The number of esters is 1. The lowest BCUT2D eigenvalue weighted by Crippen LogP contribution is -2.78. The van der Waals surface area contributed by atoms with Gasteiger partial charge in [0.2, 0.25) is 17.5 Å². The van der Waals surface area contributed by atoms with Gasteiger partial charge >= 0.3 is 30.0 Å².